The second-order valence-electron chi connectivity index (χ2n) is 8.83. The van der Waals surface area contributed by atoms with Crippen LogP contribution in [0.5, 0.6) is 5.75 Å². The molecule has 0 bridgehead atoms. The highest BCUT2D eigenvalue weighted by atomic mass is 35.5. The quantitative estimate of drug-likeness (QED) is 0.668. The number of nitrogens with one attached hydrogen (secondary N) is 2. The average molecular weight is 489 g/mol. The standard InChI is InChI=1S/C25H33ClN4O4/c1-16-13-29(3)17(2)15-34-22-11-10-20(12-21(22)24(31)30(4)14-23(16)33-5)28-25(32)27-19-8-6-18(26)7-9-19/h6-12,16-17,23H,13-15H2,1-5H3,(H2,27,28,32)/t16-,17-,23+/m1/s1. The smallest absolute Gasteiger partial charge is 0.323 e. The largest absolute Gasteiger partial charge is 0.491 e. The molecular formula is C25H33ClN4O4. The van der Waals surface area contributed by atoms with Gasteiger partial charge in [0.2, 0.25) is 0 Å². The summed E-state index contributed by atoms with van der Waals surface area (Å²) in [6, 6.07) is 11.6. The van der Waals surface area contributed by atoms with E-state index >= 15 is 0 Å². The molecule has 3 amide bonds. The molecule has 184 valence electrons. The molecule has 0 unspecified atom stereocenters. The molecule has 2 N–H and O–H groups in total. The van der Waals surface area contributed by atoms with E-state index in [1.807, 2.05) is 0 Å². The molecule has 0 aliphatic carbocycles. The van der Waals surface area contributed by atoms with Crippen molar-refractivity contribution in [3.05, 3.63) is 53.1 Å². The van der Waals surface area contributed by atoms with Gasteiger partial charge < -0.3 is 25.0 Å². The Hall–Kier alpha value is -2.81. The molecule has 0 aromatic heterocycles. The molecule has 0 radical (unpaired) electrons. The van der Waals surface area contributed by atoms with Crippen LogP contribution in [0.1, 0.15) is 24.2 Å². The molecule has 34 heavy (non-hydrogen) atoms. The van der Waals surface area contributed by atoms with E-state index in [-0.39, 0.29) is 24.0 Å². The van der Waals surface area contributed by atoms with Gasteiger partial charge in [-0.3, -0.25) is 9.69 Å². The number of benzene rings is 2. The number of halogens is 1. The second-order valence-corrected chi connectivity index (χ2v) is 9.27. The number of anilines is 2. The Bertz CT molecular complexity index is 1000. The lowest BCUT2D eigenvalue weighted by molar-refractivity contribution is 0.0150. The van der Waals surface area contributed by atoms with E-state index in [9.17, 15) is 9.59 Å². The Morgan fingerprint density at radius 1 is 1.06 bits per heavy atom. The van der Waals surface area contributed by atoms with Crippen molar-refractivity contribution in [2.24, 2.45) is 5.92 Å². The summed E-state index contributed by atoms with van der Waals surface area (Å²) in [5, 5.41) is 6.11. The van der Waals surface area contributed by atoms with Crippen molar-refractivity contribution in [3.63, 3.8) is 0 Å². The maximum atomic E-state index is 13.4. The average Bonchev–Trinajstić information content (AvgIpc) is 2.81. The molecule has 1 aliphatic heterocycles. The second kappa shape index (κ2) is 11.6. The summed E-state index contributed by atoms with van der Waals surface area (Å²) < 4.78 is 11.8. The number of ether oxygens (including phenoxy) is 2. The zero-order valence-corrected chi connectivity index (χ0v) is 21.1. The highest BCUT2D eigenvalue weighted by Gasteiger charge is 2.27. The van der Waals surface area contributed by atoms with Crippen LogP contribution in [0.4, 0.5) is 16.2 Å². The van der Waals surface area contributed by atoms with Crippen molar-refractivity contribution in [3.8, 4) is 5.75 Å². The lowest BCUT2D eigenvalue weighted by Gasteiger charge is -2.34. The van der Waals surface area contributed by atoms with E-state index in [2.05, 4.69) is 36.4 Å². The van der Waals surface area contributed by atoms with Crippen LogP contribution in [0.2, 0.25) is 5.02 Å². The summed E-state index contributed by atoms with van der Waals surface area (Å²) in [6.07, 6.45) is -0.112. The van der Waals surface area contributed by atoms with Crippen molar-refractivity contribution < 1.29 is 19.1 Å². The summed E-state index contributed by atoms with van der Waals surface area (Å²) in [5.74, 6) is 0.493. The normalized spacial score (nSPS) is 22.1. The van der Waals surface area contributed by atoms with Crippen molar-refractivity contribution in [2.45, 2.75) is 26.0 Å². The monoisotopic (exact) mass is 488 g/mol. The Kier molecular flexibility index (Phi) is 8.77. The topological polar surface area (TPSA) is 83.1 Å². The van der Waals surface area contributed by atoms with Gasteiger partial charge in [0.15, 0.2) is 0 Å². The van der Waals surface area contributed by atoms with E-state index in [4.69, 9.17) is 21.1 Å². The number of carbonyl (C=O) groups is 2. The molecule has 3 atom stereocenters. The lowest BCUT2D eigenvalue weighted by Crippen LogP contribution is -2.45. The highest BCUT2D eigenvalue weighted by Crippen LogP contribution is 2.26. The maximum absolute atomic E-state index is 13.4. The fraction of sp³-hybridized carbons (Fsp3) is 0.440. The number of urea groups is 1. The Morgan fingerprint density at radius 2 is 1.71 bits per heavy atom. The predicted octanol–water partition coefficient (Wildman–Crippen LogP) is 4.42. The molecule has 0 saturated carbocycles. The van der Waals surface area contributed by atoms with Gasteiger partial charge >= 0.3 is 6.03 Å². The third kappa shape index (κ3) is 6.62. The summed E-state index contributed by atoms with van der Waals surface area (Å²) in [7, 11) is 5.48. The van der Waals surface area contributed by atoms with Gasteiger partial charge in [0.25, 0.3) is 5.91 Å². The van der Waals surface area contributed by atoms with Gasteiger partial charge in [-0.15, -0.1) is 0 Å². The van der Waals surface area contributed by atoms with Gasteiger partial charge in [0.1, 0.15) is 12.4 Å². The van der Waals surface area contributed by atoms with Crippen molar-refractivity contribution in [1.82, 2.24) is 9.80 Å². The summed E-state index contributed by atoms with van der Waals surface area (Å²) in [6.45, 7) is 5.90. The van der Waals surface area contributed by atoms with Gasteiger partial charge in [-0.05, 0) is 62.4 Å². The lowest BCUT2D eigenvalue weighted by atomic mass is 10.0. The number of hydrogen-bond donors (Lipinski definition) is 2. The van der Waals surface area contributed by atoms with Crippen molar-refractivity contribution in [1.29, 1.82) is 0 Å². The number of carbonyl (C=O) groups excluding carboxylic acids is 2. The summed E-state index contributed by atoms with van der Waals surface area (Å²) in [4.78, 5) is 29.7. The SMILES string of the molecule is CO[C@H]1CN(C)C(=O)c2cc(NC(=O)Nc3ccc(Cl)cc3)ccc2OC[C@@H](C)N(C)C[C@H]1C. The first-order chi connectivity index (χ1) is 16.2. The zero-order valence-electron chi connectivity index (χ0n) is 20.3. The van der Waals surface area contributed by atoms with E-state index in [1.165, 1.54) is 0 Å². The van der Waals surface area contributed by atoms with E-state index in [0.717, 1.165) is 6.54 Å². The van der Waals surface area contributed by atoms with Gasteiger partial charge in [-0.25, -0.2) is 4.79 Å². The van der Waals surface area contributed by atoms with E-state index in [0.29, 0.717) is 40.9 Å². The van der Waals surface area contributed by atoms with Crippen LogP contribution in [0.15, 0.2) is 42.5 Å². The van der Waals surface area contributed by atoms with Crippen LogP contribution in [0.25, 0.3) is 0 Å². The summed E-state index contributed by atoms with van der Waals surface area (Å²) >= 11 is 5.89. The van der Waals surface area contributed by atoms with Crippen LogP contribution in [-0.2, 0) is 4.74 Å². The van der Waals surface area contributed by atoms with Crippen molar-refractivity contribution in [2.75, 3.05) is 51.5 Å². The van der Waals surface area contributed by atoms with E-state index < -0.39 is 6.03 Å². The molecule has 2 aromatic rings. The van der Waals surface area contributed by atoms with Crippen LogP contribution in [-0.4, -0.2) is 74.8 Å². The Morgan fingerprint density at radius 3 is 2.38 bits per heavy atom. The zero-order chi connectivity index (χ0) is 24.8. The minimum absolute atomic E-state index is 0.112. The number of likely N-dealkylation sites (N-methyl/N-ethyl adjacent to an activating group) is 2. The number of amides is 3. The van der Waals surface area contributed by atoms with Crippen LogP contribution in [0, 0.1) is 5.92 Å². The molecule has 2 aromatic carbocycles. The number of fused-ring (bicyclic) bond motifs is 1. The molecule has 0 fully saturated rings. The predicted molar refractivity (Wildman–Crippen MR) is 135 cm³/mol. The first-order valence-corrected chi connectivity index (χ1v) is 11.6. The van der Waals surface area contributed by atoms with E-state index in [1.54, 1.807) is 61.5 Å². The van der Waals surface area contributed by atoms with Crippen molar-refractivity contribution >= 4 is 34.9 Å². The minimum atomic E-state index is -0.430. The Labute approximate surface area is 206 Å². The molecule has 8 nitrogen and oxygen atoms in total. The Balaban J connectivity index is 1.84. The molecule has 1 heterocycles. The molecule has 0 spiro atoms. The fourth-order valence-corrected chi connectivity index (χ4v) is 3.99. The van der Waals surface area contributed by atoms with Gasteiger partial charge in [-0.1, -0.05) is 18.5 Å². The minimum Gasteiger partial charge on any atom is -0.491 e. The van der Waals surface area contributed by atoms with Gasteiger partial charge in [-0.2, -0.15) is 0 Å². The van der Waals surface area contributed by atoms with Crippen LogP contribution >= 0.6 is 11.6 Å². The maximum Gasteiger partial charge on any atom is 0.323 e. The van der Waals surface area contributed by atoms with Crippen LogP contribution < -0.4 is 15.4 Å². The third-order valence-electron chi connectivity index (χ3n) is 6.12. The number of nitrogens with zero attached hydrogens (tertiary/aromatic N) is 2. The van der Waals surface area contributed by atoms with Gasteiger partial charge in [0.05, 0.1) is 11.7 Å². The third-order valence-corrected chi connectivity index (χ3v) is 6.37. The fourth-order valence-electron chi connectivity index (χ4n) is 3.86. The molecule has 3 rings (SSSR count). The molecular weight excluding hydrogens is 456 g/mol. The number of rotatable bonds is 3. The number of methoxy groups -OCH3 is 1. The molecule has 9 heteroatoms. The first kappa shape index (κ1) is 25.8. The summed E-state index contributed by atoms with van der Waals surface area (Å²) in [5.41, 5.74) is 1.46. The first-order valence-electron chi connectivity index (χ1n) is 11.3. The molecule has 1 aliphatic rings. The molecule has 0 saturated heterocycles. The highest BCUT2D eigenvalue weighted by molar-refractivity contribution is 6.30. The van der Waals surface area contributed by atoms with Crippen LogP contribution in [0.3, 0.4) is 0 Å². The number of hydrogen-bond acceptors (Lipinski definition) is 5. The van der Waals surface area contributed by atoms with Gasteiger partial charge in [0, 0.05) is 49.7 Å².